The molecule has 0 saturated heterocycles. The van der Waals surface area contributed by atoms with Gasteiger partial charge in [-0.15, -0.1) is 0 Å². The van der Waals surface area contributed by atoms with Gasteiger partial charge in [0.2, 0.25) is 0 Å². The zero-order valence-electron chi connectivity index (χ0n) is 8.40. The number of rotatable bonds is 5. The Balaban J connectivity index is 2.51. The molecule has 0 aromatic heterocycles. The van der Waals surface area contributed by atoms with Gasteiger partial charge in [-0.1, -0.05) is 24.9 Å². The summed E-state index contributed by atoms with van der Waals surface area (Å²) in [6.07, 6.45) is 4.60. The molecular formula is C10H14BNO2. The van der Waals surface area contributed by atoms with Crippen LogP contribution in [0.5, 0.6) is 0 Å². The predicted octanol–water partition coefficient (Wildman–Crippen LogP) is 1.97. The first-order chi connectivity index (χ1) is 6.74. The minimum Gasteiger partial charge on any atom is -0.258 e. The highest BCUT2D eigenvalue weighted by atomic mass is 16.6. The second kappa shape index (κ2) is 5.42. The molecule has 0 bridgehead atoms. The molecule has 0 aliphatic rings. The smallest absolute Gasteiger partial charge is 0.258 e. The molecule has 0 spiro atoms. The molecule has 1 aromatic rings. The summed E-state index contributed by atoms with van der Waals surface area (Å²) in [6, 6.07) is 6.82. The lowest BCUT2D eigenvalue weighted by molar-refractivity contribution is -0.384. The number of non-ortho nitro benzene ring substituents is 1. The second-order valence-corrected chi connectivity index (χ2v) is 3.38. The van der Waals surface area contributed by atoms with Gasteiger partial charge < -0.3 is 0 Å². The molecule has 0 aliphatic carbocycles. The average Bonchev–Trinajstić information content (AvgIpc) is 2.19. The van der Waals surface area contributed by atoms with Crippen molar-refractivity contribution in [3.63, 3.8) is 0 Å². The third-order valence-corrected chi connectivity index (χ3v) is 2.22. The van der Waals surface area contributed by atoms with Gasteiger partial charge in [0.05, 0.1) is 4.92 Å². The molecule has 0 saturated carbocycles. The zero-order valence-corrected chi connectivity index (χ0v) is 8.40. The fourth-order valence-corrected chi connectivity index (χ4v) is 1.36. The molecule has 0 atom stereocenters. The van der Waals surface area contributed by atoms with Crippen LogP contribution in [-0.2, 0) is 6.42 Å². The first kappa shape index (κ1) is 10.8. The van der Waals surface area contributed by atoms with Gasteiger partial charge in [-0.05, 0) is 18.4 Å². The van der Waals surface area contributed by atoms with Gasteiger partial charge in [0.15, 0.2) is 0 Å². The maximum Gasteiger partial charge on any atom is 0.269 e. The maximum absolute atomic E-state index is 10.4. The standard InChI is InChI=1S/C10H14BNO2/c11-8-2-1-3-9-4-6-10(7-5-9)12(13)14/h4-7H,1-3,8,11H2. The number of hydrogen-bond donors (Lipinski definition) is 0. The number of nitro groups is 1. The van der Waals surface area contributed by atoms with Crippen molar-refractivity contribution in [1.29, 1.82) is 0 Å². The van der Waals surface area contributed by atoms with Gasteiger partial charge in [0, 0.05) is 12.1 Å². The van der Waals surface area contributed by atoms with Gasteiger partial charge in [0.1, 0.15) is 7.85 Å². The van der Waals surface area contributed by atoms with E-state index in [0.717, 1.165) is 12.8 Å². The highest BCUT2D eigenvalue weighted by molar-refractivity contribution is 6.08. The van der Waals surface area contributed by atoms with Crippen LogP contribution in [0.15, 0.2) is 24.3 Å². The Labute approximate surface area is 84.7 Å². The van der Waals surface area contributed by atoms with Crippen molar-refractivity contribution in [2.24, 2.45) is 0 Å². The Morgan fingerprint density at radius 3 is 2.36 bits per heavy atom. The summed E-state index contributed by atoms with van der Waals surface area (Å²) < 4.78 is 0. The minimum absolute atomic E-state index is 0.171. The fraction of sp³-hybridized carbons (Fsp3) is 0.400. The highest BCUT2D eigenvalue weighted by Gasteiger charge is 2.02. The van der Waals surface area contributed by atoms with Crippen LogP contribution in [0.3, 0.4) is 0 Å². The molecular weight excluding hydrogens is 177 g/mol. The third kappa shape index (κ3) is 3.20. The summed E-state index contributed by atoms with van der Waals surface area (Å²) in [6.45, 7) is 0. The molecule has 1 aromatic carbocycles. The van der Waals surface area contributed by atoms with Crippen LogP contribution in [0.2, 0.25) is 6.32 Å². The first-order valence-electron chi connectivity index (χ1n) is 4.97. The lowest BCUT2D eigenvalue weighted by atomic mass is 9.98. The zero-order chi connectivity index (χ0) is 10.4. The van der Waals surface area contributed by atoms with Crippen LogP contribution in [0.1, 0.15) is 18.4 Å². The Hall–Kier alpha value is -1.32. The molecule has 0 fully saturated rings. The van der Waals surface area contributed by atoms with E-state index in [-0.39, 0.29) is 10.6 Å². The fourth-order valence-electron chi connectivity index (χ4n) is 1.36. The molecule has 4 heteroatoms. The molecule has 0 N–H and O–H groups in total. The summed E-state index contributed by atoms with van der Waals surface area (Å²) in [7, 11) is 2.16. The van der Waals surface area contributed by atoms with Gasteiger partial charge in [0.25, 0.3) is 5.69 Å². The molecule has 3 nitrogen and oxygen atoms in total. The molecule has 0 aliphatic heterocycles. The summed E-state index contributed by atoms with van der Waals surface area (Å²) in [5, 5.41) is 10.4. The molecule has 0 amide bonds. The van der Waals surface area contributed by atoms with Crippen LogP contribution in [0, 0.1) is 10.1 Å². The van der Waals surface area contributed by atoms with Crippen LogP contribution in [0.25, 0.3) is 0 Å². The number of nitrogens with zero attached hydrogens (tertiary/aromatic N) is 1. The van der Waals surface area contributed by atoms with Gasteiger partial charge in [-0.3, -0.25) is 10.1 Å². The van der Waals surface area contributed by atoms with E-state index in [1.165, 1.54) is 18.3 Å². The SMILES string of the molecule is BCCCCc1ccc([N+](=O)[O-])cc1. The Morgan fingerprint density at radius 1 is 1.21 bits per heavy atom. The minimum atomic E-state index is -0.365. The van der Waals surface area contributed by atoms with E-state index in [1.807, 2.05) is 12.1 Å². The number of aryl methyl sites for hydroxylation is 1. The monoisotopic (exact) mass is 191 g/mol. The Morgan fingerprint density at radius 2 is 1.86 bits per heavy atom. The number of nitro benzene ring substituents is 1. The van der Waals surface area contributed by atoms with Crippen molar-refractivity contribution in [3.05, 3.63) is 39.9 Å². The Bertz CT molecular complexity index is 297. The topological polar surface area (TPSA) is 43.1 Å². The summed E-state index contributed by atoms with van der Waals surface area (Å²) in [4.78, 5) is 10.0. The quantitative estimate of drug-likeness (QED) is 0.309. The van der Waals surface area contributed by atoms with E-state index in [9.17, 15) is 10.1 Å². The van der Waals surface area contributed by atoms with Gasteiger partial charge >= 0.3 is 0 Å². The molecule has 0 heterocycles. The van der Waals surface area contributed by atoms with E-state index < -0.39 is 0 Å². The number of benzene rings is 1. The van der Waals surface area contributed by atoms with Crippen LogP contribution in [-0.4, -0.2) is 12.8 Å². The van der Waals surface area contributed by atoms with Crippen molar-refractivity contribution >= 4 is 13.5 Å². The summed E-state index contributed by atoms with van der Waals surface area (Å²) in [5.74, 6) is 0. The van der Waals surface area contributed by atoms with Crippen molar-refractivity contribution in [2.45, 2.75) is 25.6 Å². The first-order valence-corrected chi connectivity index (χ1v) is 4.97. The van der Waals surface area contributed by atoms with E-state index in [0.29, 0.717) is 0 Å². The van der Waals surface area contributed by atoms with Crippen molar-refractivity contribution in [3.8, 4) is 0 Å². The number of unbranched alkanes of at least 4 members (excludes halogenated alkanes) is 1. The van der Waals surface area contributed by atoms with E-state index >= 15 is 0 Å². The van der Waals surface area contributed by atoms with E-state index in [4.69, 9.17) is 0 Å². The maximum atomic E-state index is 10.4. The van der Waals surface area contributed by atoms with Crippen molar-refractivity contribution in [2.75, 3.05) is 0 Å². The van der Waals surface area contributed by atoms with Gasteiger partial charge in [-0.2, -0.15) is 0 Å². The average molecular weight is 191 g/mol. The van der Waals surface area contributed by atoms with E-state index in [2.05, 4.69) is 7.85 Å². The molecule has 1 rings (SSSR count). The predicted molar refractivity (Wildman–Crippen MR) is 59.4 cm³/mol. The lowest BCUT2D eigenvalue weighted by Crippen LogP contribution is -1.89. The van der Waals surface area contributed by atoms with Crippen LogP contribution >= 0.6 is 0 Å². The van der Waals surface area contributed by atoms with Crippen LogP contribution < -0.4 is 0 Å². The third-order valence-electron chi connectivity index (χ3n) is 2.22. The summed E-state index contributed by atoms with van der Waals surface area (Å²) >= 11 is 0. The Kier molecular flexibility index (Phi) is 4.17. The molecule has 0 radical (unpaired) electrons. The normalized spacial score (nSPS) is 10.0. The molecule has 74 valence electrons. The van der Waals surface area contributed by atoms with Crippen LogP contribution in [0.4, 0.5) is 5.69 Å². The molecule has 14 heavy (non-hydrogen) atoms. The van der Waals surface area contributed by atoms with E-state index in [1.54, 1.807) is 12.1 Å². The molecule has 0 unspecified atom stereocenters. The van der Waals surface area contributed by atoms with Crippen molar-refractivity contribution in [1.82, 2.24) is 0 Å². The summed E-state index contributed by atoms with van der Waals surface area (Å²) in [5.41, 5.74) is 1.35. The lowest BCUT2D eigenvalue weighted by Gasteiger charge is -1.99. The second-order valence-electron chi connectivity index (χ2n) is 3.38. The highest BCUT2D eigenvalue weighted by Crippen LogP contribution is 2.13. The largest absolute Gasteiger partial charge is 0.269 e. The van der Waals surface area contributed by atoms with Gasteiger partial charge in [-0.25, -0.2) is 0 Å². The number of hydrogen-bond acceptors (Lipinski definition) is 2. The van der Waals surface area contributed by atoms with Crippen molar-refractivity contribution < 1.29 is 4.92 Å².